The highest BCUT2D eigenvalue weighted by Crippen LogP contribution is 2.24. The highest BCUT2D eigenvalue weighted by molar-refractivity contribution is 8.00. The minimum absolute atomic E-state index is 0.160. The molecule has 2 aromatic rings. The van der Waals surface area contributed by atoms with E-state index in [9.17, 15) is 13.6 Å². The van der Waals surface area contributed by atoms with Crippen LogP contribution in [0.2, 0.25) is 0 Å². The van der Waals surface area contributed by atoms with Crippen molar-refractivity contribution in [3.8, 4) is 0 Å². The molecule has 0 radical (unpaired) electrons. The van der Waals surface area contributed by atoms with E-state index in [1.54, 1.807) is 13.0 Å². The molecular weight excluding hydrogens is 284 g/mol. The van der Waals surface area contributed by atoms with Crippen LogP contribution in [0.3, 0.4) is 0 Å². The number of hydrogen-bond donors (Lipinski definition) is 2. The third kappa shape index (κ3) is 3.16. The molecule has 4 nitrogen and oxygen atoms in total. The third-order valence-corrected chi connectivity index (χ3v) is 3.56. The van der Waals surface area contributed by atoms with E-state index in [1.807, 2.05) is 0 Å². The van der Waals surface area contributed by atoms with Crippen molar-refractivity contribution in [3.05, 3.63) is 36.4 Å². The topological polar surface area (TPSA) is 57.8 Å². The van der Waals surface area contributed by atoms with E-state index in [4.69, 9.17) is 0 Å². The molecule has 0 saturated heterocycles. The van der Waals surface area contributed by atoms with Crippen molar-refractivity contribution in [3.63, 3.8) is 0 Å². The largest absolute Gasteiger partial charge is 0.352 e. The number of nitrogens with one attached hydrogen (secondary N) is 2. The lowest BCUT2D eigenvalue weighted by atomic mass is 10.3. The van der Waals surface area contributed by atoms with Gasteiger partial charge in [0, 0.05) is 18.7 Å². The zero-order valence-electron chi connectivity index (χ0n) is 10.7. The number of aromatic nitrogens is 2. The van der Waals surface area contributed by atoms with Crippen LogP contribution in [-0.4, -0.2) is 27.7 Å². The van der Waals surface area contributed by atoms with E-state index >= 15 is 0 Å². The first-order chi connectivity index (χ1) is 9.51. The molecule has 7 heteroatoms. The van der Waals surface area contributed by atoms with Gasteiger partial charge < -0.3 is 10.3 Å². The SMILES string of the molecule is C=CCNC(=O)C(C)Sc1nc2cc(F)c(F)cc2[nH]1. The van der Waals surface area contributed by atoms with Gasteiger partial charge in [0.2, 0.25) is 5.91 Å². The molecule has 1 aromatic carbocycles. The van der Waals surface area contributed by atoms with Crippen molar-refractivity contribution in [1.82, 2.24) is 15.3 Å². The summed E-state index contributed by atoms with van der Waals surface area (Å²) in [5, 5.41) is 2.72. The summed E-state index contributed by atoms with van der Waals surface area (Å²) in [4.78, 5) is 18.7. The Morgan fingerprint density at radius 1 is 1.55 bits per heavy atom. The number of benzene rings is 1. The van der Waals surface area contributed by atoms with E-state index in [2.05, 4.69) is 21.9 Å². The van der Waals surface area contributed by atoms with Crippen LogP contribution in [-0.2, 0) is 4.79 Å². The number of amides is 1. The van der Waals surface area contributed by atoms with Gasteiger partial charge in [0.15, 0.2) is 16.8 Å². The maximum atomic E-state index is 13.1. The Balaban J connectivity index is 2.13. The molecule has 0 aliphatic rings. The van der Waals surface area contributed by atoms with Gasteiger partial charge in [0.1, 0.15) is 0 Å². The molecule has 0 bridgehead atoms. The van der Waals surface area contributed by atoms with E-state index < -0.39 is 11.6 Å². The number of thioether (sulfide) groups is 1. The van der Waals surface area contributed by atoms with Crippen molar-refractivity contribution in [2.24, 2.45) is 0 Å². The van der Waals surface area contributed by atoms with Crippen molar-refractivity contribution in [1.29, 1.82) is 0 Å². The zero-order chi connectivity index (χ0) is 14.7. The fraction of sp³-hybridized carbons (Fsp3) is 0.231. The van der Waals surface area contributed by atoms with Crippen LogP contribution in [0.1, 0.15) is 6.92 Å². The molecule has 1 amide bonds. The predicted molar refractivity (Wildman–Crippen MR) is 74.5 cm³/mol. The van der Waals surface area contributed by atoms with E-state index in [0.717, 1.165) is 12.1 Å². The molecule has 0 aliphatic carbocycles. The first-order valence-corrected chi connectivity index (χ1v) is 6.79. The lowest BCUT2D eigenvalue weighted by molar-refractivity contribution is -0.120. The third-order valence-electron chi connectivity index (χ3n) is 2.58. The standard InChI is InChI=1S/C13H13F2N3OS/c1-3-4-16-12(19)7(2)20-13-17-10-5-8(14)9(15)6-11(10)18-13/h3,5-7H,1,4H2,2H3,(H,16,19)(H,17,18). The summed E-state index contributed by atoms with van der Waals surface area (Å²) < 4.78 is 26.2. The Hall–Kier alpha value is -1.89. The van der Waals surface area contributed by atoms with Crippen LogP contribution in [0.25, 0.3) is 11.0 Å². The number of fused-ring (bicyclic) bond motifs is 1. The number of carbonyl (C=O) groups is 1. The van der Waals surface area contributed by atoms with Crippen molar-refractivity contribution >= 4 is 28.7 Å². The Morgan fingerprint density at radius 2 is 2.25 bits per heavy atom. The summed E-state index contributed by atoms with van der Waals surface area (Å²) in [6.45, 7) is 5.62. The van der Waals surface area contributed by atoms with Gasteiger partial charge in [-0.2, -0.15) is 0 Å². The summed E-state index contributed by atoms with van der Waals surface area (Å²) in [5.74, 6) is -2.04. The van der Waals surface area contributed by atoms with Gasteiger partial charge >= 0.3 is 0 Å². The summed E-state index contributed by atoms with van der Waals surface area (Å²) in [7, 11) is 0. The molecule has 0 aliphatic heterocycles. The summed E-state index contributed by atoms with van der Waals surface area (Å²) in [6.07, 6.45) is 1.59. The smallest absolute Gasteiger partial charge is 0.233 e. The maximum absolute atomic E-state index is 13.1. The van der Waals surface area contributed by atoms with Gasteiger partial charge in [-0.3, -0.25) is 4.79 Å². The van der Waals surface area contributed by atoms with Crippen LogP contribution in [0.15, 0.2) is 29.9 Å². The molecule has 106 valence electrons. The molecule has 2 rings (SSSR count). The number of carbonyl (C=O) groups excluding carboxylic acids is 1. The molecule has 1 unspecified atom stereocenters. The summed E-state index contributed by atoms with van der Waals surface area (Å²) in [6, 6.07) is 2.07. The Bertz CT molecular complexity index is 617. The summed E-state index contributed by atoms with van der Waals surface area (Å²) >= 11 is 1.18. The van der Waals surface area contributed by atoms with E-state index in [1.165, 1.54) is 11.8 Å². The monoisotopic (exact) mass is 297 g/mol. The first kappa shape index (κ1) is 14.5. The lowest BCUT2D eigenvalue weighted by Gasteiger charge is -2.08. The van der Waals surface area contributed by atoms with Gasteiger partial charge in [-0.1, -0.05) is 17.8 Å². The number of nitrogens with zero attached hydrogens (tertiary/aromatic N) is 1. The Morgan fingerprint density at radius 3 is 2.95 bits per heavy atom. The average Bonchev–Trinajstić information content (AvgIpc) is 2.77. The highest BCUT2D eigenvalue weighted by Gasteiger charge is 2.16. The van der Waals surface area contributed by atoms with Crippen molar-refractivity contribution < 1.29 is 13.6 Å². The van der Waals surface area contributed by atoms with Gasteiger partial charge in [-0.15, -0.1) is 6.58 Å². The summed E-state index contributed by atoms with van der Waals surface area (Å²) in [5.41, 5.74) is 0.718. The van der Waals surface area contributed by atoms with Gasteiger partial charge in [-0.25, -0.2) is 13.8 Å². The fourth-order valence-corrected chi connectivity index (χ4v) is 2.42. The lowest BCUT2D eigenvalue weighted by Crippen LogP contribution is -2.30. The van der Waals surface area contributed by atoms with Crippen molar-refractivity contribution in [2.45, 2.75) is 17.3 Å². The second kappa shape index (κ2) is 6.04. The first-order valence-electron chi connectivity index (χ1n) is 5.91. The number of aromatic amines is 1. The quantitative estimate of drug-likeness (QED) is 0.659. The molecule has 2 N–H and O–H groups in total. The molecule has 1 atom stereocenters. The van der Waals surface area contributed by atoms with Crippen molar-refractivity contribution in [2.75, 3.05) is 6.54 Å². The average molecular weight is 297 g/mol. The number of hydrogen-bond acceptors (Lipinski definition) is 3. The molecule has 20 heavy (non-hydrogen) atoms. The minimum atomic E-state index is -0.947. The van der Waals surface area contributed by atoms with Crippen LogP contribution >= 0.6 is 11.8 Å². The van der Waals surface area contributed by atoms with Crippen LogP contribution in [0, 0.1) is 11.6 Å². The van der Waals surface area contributed by atoms with Gasteiger partial charge in [-0.05, 0) is 6.92 Å². The molecular formula is C13H13F2N3OS. The maximum Gasteiger partial charge on any atom is 0.233 e. The molecule has 1 aromatic heterocycles. The second-order valence-electron chi connectivity index (χ2n) is 4.12. The molecule has 0 spiro atoms. The van der Waals surface area contributed by atoms with Crippen LogP contribution in [0.5, 0.6) is 0 Å². The van der Waals surface area contributed by atoms with Gasteiger partial charge in [0.25, 0.3) is 0 Å². The molecule has 1 heterocycles. The molecule has 0 saturated carbocycles. The van der Waals surface area contributed by atoms with E-state index in [0.29, 0.717) is 22.7 Å². The zero-order valence-corrected chi connectivity index (χ0v) is 11.6. The normalized spacial score (nSPS) is 12.3. The number of rotatable bonds is 5. The Labute approximate surface area is 118 Å². The van der Waals surface area contributed by atoms with Crippen LogP contribution < -0.4 is 5.32 Å². The number of halogens is 2. The number of imidazole rings is 1. The molecule has 0 fully saturated rings. The number of H-pyrrole nitrogens is 1. The van der Waals surface area contributed by atoms with Gasteiger partial charge in [0.05, 0.1) is 16.3 Å². The minimum Gasteiger partial charge on any atom is -0.352 e. The fourth-order valence-electron chi connectivity index (χ4n) is 1.57. The predicted octanol–water partition coefficient (Wildman–Crippen LogP) is 2.62. The highest BCUT2D eigenvalue weighted by atomic mass is 32.2. The van der Waals surface area contributed by atoms with Crippen LogP contribution in [0.4, 0.5) is 8.78 Å². The second-order valence-corrected chi connectivity index (χ2v) is 5.45. The Kier molecular flexibility index (Phi) is 4.39. The van der Waals surface area contributed by atoms with E-state index in [-0.39, 0.29) is 11.2 Å².